The molecule has 8 aromatic heterocycles. The Kier molecular flexibility index (Phi) is 37.9. The van der Waals surface area contributed by atoms with Crippen molar-refractivity contribution in [3.05, 3.63) is 258 Å². The fourth-order valence-corrected chi connectivity index (χ4v) is 18.8. The lowest BCUT2D eigenvalue weighted by Gasteiger charge is -2.18. The number of fused-ring (bicyclic) bond motifs is 5. The minimum absolute atomic E-state index is 0.0329. The van der Waals surface area contributed by atoms with Crippen molar-refractivity contribution in [2.75, 3.05) is 177 Å². The predicted molar refractivity (Wildman–Crippen MR) is 552 cm³/mol. The molecule has 20 rings (SSSR count). The highest BCUT2D eigenvalue weighted by atomic mass is 16.5. The van der Waals surface area contributed by atoms with E-state index in [0.717, 1.165) is 120 Å². The zero-order chi connectivity index (χ0) is 101. The van der Waals surface area contributed by atoms with Gasteiger partial charge in [0, 0.05) is 112 Å². The van der Waals surface area contributed by atoms with E-state index in [1.165, 1.54) is 137 Å². The molecule has 13 aromatic rings. The van der Waals surface area contributed by atoms with Crippen molar-refractivity contribution >= 4 is 56.9 Å². The van der Waals surface area contributed by atoms with E-state index >= 15 is 0 Å². The lowest BCUT2D eigenvalue weighted by atomic mass is 10.1. The van der Waals surface area contributed by atoms with Crippen LogP contribution in [0.2, 0.25) is 0 Å². The van der Waals surface area contributed by atoms with Crippen LogP contribution in [-0.2, 0) is 125 Å². The second-order valence-corrected chi connectivity index (χ2v) is 37.4. The van der Waals surface area contributed by atoms with Crippen molar-refractivity contribution in [2.45, 2.75) is 163 Å². The van der Waals surface area contributed by atoms with Crippen LogP contribution < -0.4 is 44.9 Å². The van der Waals surface area contributed by atoms with Crippen LogP contribution in [0.5, 0.6) is 30.1 Å². The Balaban J connectivity index is 0.000000130. The molecule has 2 amide bonds. The van der Waals surface area contributed by atoms with Gasteiger partial charge >= 0.3 is 41.4 Å². The first-order valence-electron chi connectivity index (χ1n) is 50.6. The Hall–Kier alpha value is -13.2. The number of hydrogen-bond donors (Lipinski definition) is 0. The molecule has 7 aliphatic heterocycles. The Morgan fingerprint density at radius 1 is 0.310 bits per heavy atom. The van der Waals surface area contributed by atoms with Gasteiger partial charge in [0.25, 0.3) is 0 Å². The first-order valence-corrected chi connectivity index (χ1v) is 50.6. The number of anilines is 2. The van der Waals surface area contributed by atoms with Gasteiger partial charge in [-0.25, -0.2) is 39.5 Å². The maximum Gasteiger partial charge on any atom is 0.330 e. The van der Waals surface area contributed by atoms with Gasteiger partial charge in [-0.2, -0.15) is 24.9 Å². The van der Waals surface area contributed by atoms with Crippen LogP contribution in [0.15, 0.2) is 168 Å². The standard InChI is InChI=1S/C23H31N5O3.C22H28N4O3.C21H27N5O3.C21H27N5O2.C21H24N4O3/c1-3-10-27-20-15-24-22(31-14-13-30-2)25-21(20)28(23(27)29)17-19-8-6-18(7-9-19)16-26-11-4-5-12-26;1-16-19-13-20(27)26(21(19)24-22(23-16)29-12-11-28-2)15-18-7-5-17(6-8-18)14-25-9-3-4-10-25;1-24-18-13-22-20(29-12-11-28-2)23-19(18)26(21(24)27)15-17-7-5-16(6-8-17)14-25-9-3-4-10-25;1-16-23-19-13-22-21(28-12-11-27-2)24-20(19)26(16)15-18-7-5-17(6-8-18)14-25-9-3-4-10-25;1-27-10-11-28-21-22-13-18-12-19(26)25(20(18)23-21)15-17-6-4-16(5-7-17)14-24-8-2-3-9-24/h6-9,15H,3-5,10-14,16-17H2,1-2H3;5-8H,3-4,9-15H2,1-2H3;5-8,13H,3-4,9-12,14-15H2,1-2H3;5-8,13H,3-4,9-12,14-15H2,1-2H3;2-7,13H,8-12,14-15H2,1H3. The van der Waals surface area contributed by atoms with E-state index in [1.54, 1.807) is 95.5 Å². The van der Waals surface area contributed by atoms with Crippen molar-refractivity contribution in [2.24, 2.45) is 7.05 Å². The summed E-state index contributed by atoms with van der Waals surface area (Å²) >= 11 is 0. The van der Waals surface area contributed by atoms with Crippen LogP contribution in [-0.4, -0.2) is 281 Å². The highest BCUT2D eigenvalue weighted by Crippen LogP contribution is 2.34. The van der Waals surface area contributed by atoms with Crippen molar-refractivity contribution in [3.8, 4) is 30.1 Å². The lowest BCUT2D eigenvalue weighted by Crippen LogP contribution is -2.26. The Labute approximate surface area is 846 Å². The second-order valence-electron chi connectivity index (χ2n) is 37.4. The fraction of sp³-hybridized carbons (Fsp3) is 0.472. The first-order chi connectivity index (χ1) is 70.9. The minimum Gasteiger partial charge on any atom is -0.461 e. The molecule has 4 saturated heterocycles. The molecular weight excluding hydrogens is 1840 g/mol. The molecule has 145 heavy (non-hydrogen) atoms. The van der Waals surface area contributed by atoms with Gasteiger partial charge in [0.15, 0.2) is 16.9 Å². The number of imidazole rings is 3. The van der Waals surface area contributed by atoms with Gasteiger partial charge in [-0.05, 0) is 180 Å². The van der Waals surface area contributed by atoms with Gasteiger partial charge in [0.05, 0.1) is 103 Å². The third-order valence-corrected chi connectivity index (χ3v) is 26.6. The Morgan fingerprint density at radius 2 is 0.641 bits per heavy atom. The van der Waals surface area contributed by atoms with Crippen LogP contribution in [0.1, 0.15) is 143 Å². The average Bonchev–Trinajstić information content (AvgIpc) is 1.60. The molecule has 37 nitrogen and oxygen atoms in total. The van der Waals surface area contributed by atoms with Gasteiger partial charge in [-0.15, -0.1) is 0 Å². The van der Waals surface area contributed by atoms with Crippen LogP contribution in [0.25, 0.3) is 33.5 Å². The van der Waals surface area contributed by atoms with Crippen LogP contribution >= 0.6 is 0 Å². The Bertz CT molecular complexity index is 6520. The summed E-state index contributed by atoms with van der Waals surface area (Å²) in [6.45, 7) is 30.0. The third kappa shape index (κ3) is 28.5. The number of hydrogen-bond acceptors (Lipinski definition) is 30. The summed E-state index contributed by atoms with van der Waals surface area (Å²) in [5, 5.41) is 0. The fourth-order valence-electron chi connectivity index (χ4n) is 18.8. The molecule has 7 aliphatic rings. The van der Waals surface area contributed by atoms with E-state index in [1.807, 2.05) is 13.8 Å². The summed E-state index contributed by atoms with van der Waals surface area (Å²) in [7, 11) is 9.83. The molecule has 0 unspecified atom stereocenters. The lowest BCUT2D eigenvalue weighted by molar-refractivity contribution is -0.118. The normalized spacial score (nSPS) is 15.3. The quantitative estimate of drug-likeness (QED) is 0.0253. The largest absolute Gasteiger partial charge is 0.461 e. The van der Waals surface area contributed by atoms with E-state index in [4.69, 9.17) is 47.4 Å². The van der Waals surface area contributed by atoms with E-state index in [9.17, 15) is 19.2 Å². The number of benzene rings is 5. The van der Waals surface area contributed by atoms with Crippen LogP contribution in [0.3, 0.4) is 0 Å². The number of nitrogens with zero attached hydrogens (tertiary/aromatic N) is 23. The third-order valence-electron chi connectivity index (χ3n) is 26.6. The number of methoxy groups -OCH3 is 5. The molecule has 0 bridgehead atoms. The monoisotopic (exact) mass is 1980 g/mol. The zero-order valence-electron chi connectivity index (χ0n) is 85.2. The maximum absolute atomic E-state index is 13.1. The van der Waals surface area contributed by atoms with E-state index < -0.39 is 0 Å². The number of amides is 2. The molecule has 0 atom stereocenters. The molecule has 0 aliphatic carbocycles. The number of rotatable bonds is 42. The number of aryl methyl sites for hydroxylation is 4. The number of carbonyl (C=O) groups is 2. The minimum atomic E-state index is -0.121. The topological polar surface area (TPSA) is 350 Å². The number of aromatic nitrogens is 16. The predicted octanol–water partition coefficient (Wildman–Crippen LogP) is 11.7. The van der Waals surface area contributed by atoms with E-state index in [-0.39, 0.29) is 41.2 Å². The van der Waals surface area contributed by atoms with Gasteiger partial charge in [-0.3, -0.25) is 62.2 Å². The first kappa shape index (κ1) is 105. The number of likely N-dealkylation sites (tertiary alicyclic amines) is 4. The van der Waals surface area contributed by atoms with Gasteiger partial charge < -0.3 is 51.9 Å². The SMILES string of the molecule is CCCn1c(=O)n(Cc2ccc(CN3CCCC3)cc2)c2nc(OCCOC)ncc21.COCCOc1nc(C)c2c(n1)N(Cc1ccc(CN3CCCC3)cc1)C(=O)C2.COCCOc1ncc2c(n1)N(Cc1ccc(CN3CC=CC3)cc1)C(=O)C2.COCCOc1ncc2c(n1)n(Cc1ccc(CN3CCCC3)cc1)c(=O)n2C.COCCOc1ncc2nc(C)n(Cc3ccc(CN4CCCC4)cc3)c2n1. The highest BCUT2D eigenvalue weighted by Gasteiger charge is 2.34. The summed E-state index contributed by atoms with van der Waals surface area (Å²) in [6, 6.07) is 44.3. The smallest absolute Gasteiger partial charge is 0.330 e. The number of carbonyl (C=O) groups excluding carboxylic acids is 2. The summed E-state index contributed by atoms with van der Waals surface area (Å²) in [5.41, 5.74) is 18.6. The van der Waals surface area contributed by atoms with Crippen molar-refractivity contribution < 1.29 is 57.0 Å². The molecule has 0 radical (unpaired) electrons. The van der Waals surface area contributed by atoms with Crippen molar-refractivity contribution in [3.63, 3.8) is 0 Å². The number of ether oxygens (including phenoxy) is 10. The Morgan fingerprint density at radius 3 is 1.06 bits per heavy atom. The molecule has 37 heteroatoms. The van der Waals surface area contributed by atoms with Crippen molar-refractivity contribution in [1.29, 1.82) is 0 Å². The van der Waals surface area contributed by atoms with E-state index in [2.05, 4.69) is 224 Å². The zero-order valence-corrected chi connectivity index (χ0v) is 85.2. The summed E-state index contributed by atoms with van der Waals surface area (Å²) in [5.74, 6) is 2.30. The molecular formula is C108H137N23O14. The summed E-state index contributed by atoms with van der Waals surface area (Å²) in [4.78, 5) is 115. The van der Waals surface area contributed by atoms with Gasteiger partial charge in [0.1, 0.15) is 67.0 Å². The summed E-state index contributed by atoms with van der Waals surface area (Å²) < 4.78 is 61.5. The molecule has 0 saturated carbocycles. The second kappa shape index (κ2) is 52.5. The van der Waals surface area contributed by atoms with Crippen LogP contribution in [0, 0.1) is 13.8 Å². The molecule has 5 aromatic carbocycles. The molecule has 4 fully saturated rings. The molecule has 0 N–H and O–H groups in total. The maximum atomic E-state index is 13.1. The molecule has 15 heterocycles. The van der Waals surface area contributed by atoms with Crippen LogP contribution in [0.4, 0.5) is 11.6 Å². The van der Waals surface area contributed by atoms with Crippen molar-refractivity contribution in [1.82, 2.24) is 102 Å². The van der Waals surface area contributed by atoms with Gasteiger partial charge in [-0.1, -0.05) is 140 Å². The molecule has 0 spiro atoms. The molecule has 768 valence electrons. The van der Waals surface area contributed by atoms with E-state index in [0.29, 0.717) is 152 Å². The average molecular weight is 1980 g/mol. The highest BCUT2D eigenvalue weighted by molar-refractivity contribution is 6.01. The summed E-state index contributed by atoms with van der Waals surface area (Å²) in [6.07, 6.45) is 23.0. The van der Waals surface area contributed by atoms with Gasteiger partial charge in [0.2, 0.25) is 11.8 Å².